The van der Waals surface area contributed by atoms with E-state index in [2.05, 4.69) is 5.43 Å². The van der Waals surface area contributed by atoms with Crippen molar-refractivity contribution in [3.63, 3.8) is 0 Å². The van der Waals surface area contributed by atoms with Crippen LogP contribution in [-0.2, 0) is 9.59 Å². The molecule has 5 heteroatoms. The number of hydrogen-bond acceptors (Lipinski definition) is 3. The second-order valence-electron chi connectivity index (χ2n) is 5.39. The monoisotopic (exact) mass is 322 g/mol. The van der Waals surface area contributed by atoms with Gasteiger partial charge in [-0.1, -0.05) is 37.3 Å². The molecular weight excluding hydrogens is 304 g/mol. The number of carbonyl (C=O) groups excluding carboxylic acids is 2. The minimum absolute atomic E-state index is 0.112. The molecule has 0 bridgehead atoms. The van der Waals surface area contributed by atoms with E-state index in [9.17, 15) is 9.59 Å². The highest BCUT2D eigenvalue weighted by molar-refractivity contribution is 6.31. The highest BCUT2D eigenvalue weighted by atomic mass is 16.5. The highest BCUT2D eigenvalue weighted by Gasteiger charge is 2.34. The molecule has 0 saturated carbocycles. The van der Waals surface area contributed by atoms with Crippen molar-refractivity contribution in [2.45, 2.75) is 13.3 Å². The third-order valence-corrected chi connectivity index (χ3v) is 3.57. The maximum absolute atomic E-state index is 12.5. The summed E-state index contributed by atoms with van der Waals surface area (Å²) in [5.41, 5.74) is 4.09. The van der Waals surface area contributed by atoms with Gasteiger partial charge >= 0.3 is 0 Å². The highest BCUT2D eigenvalue weighted by Crippen LogP contribution is 2.22. The van der Waals surface area contributed by atoms with Crippen LogP contribution >= 0.6 is 0 Å². The van der Waals surface area contributed by atoms with Gasteiger partial charge in [0.2, 0.25) is 0 Å². The van der Waals surface area contributed by atoms with Gasteiger partial charge in [0, 0.05) is 0 Å². The summed E-state index contributed by atoms with van der Waals surface area (Å²) in [7, 11) is 0. The van der Waals surface area contributed by atoms with Gasteiger partial charge in [-0.15, -0.1) is 0 Å². The largest absolute Gasteiger partial charge is 0.494 e. The van der Waals surface area contributed by atoms with Crippen LogP contribution in [-0.4, -0.2) is 18.4 Å². The van der Waals surface area contributed by atoms with Gasteiger partial charge in [-0.05, 0) is 42.3 Å². The summed E-state index contributed by atoms with van der Waals surface area (Å²) in [4.78, 5) is 24.6. The lowest BCUT2D eigenvalue weighted by molar-refractivity contribution is -0.117. The van der Waals surface area contributed by atoms with Crippen LogP contribution in [0.3, 0.4) is 0 Å². The van der Waals surface area contributed by atoms with Gasteiger partial charge in [0.25, 0.3) is 11.8 Å². The first kappa shape index (κ1) is 15.8. The van der Waals surface area contributed by atoms with Crippen molar-refractivity contribution < 1.29 is 14.3 Å². The van der Waals surface area contributed by atoms with Crippen LogP contribution in [0.4, 0.5) is 5.69 Å². The topological polar surface area (TPSA) is 58.6 Å². The minimum atomic E-state index is -0.407. The first-order valence-corrected chi connectivity index (χ1v) is 7.84. The van der Waals surface area contributed by atoms with Crippen LogP contribution in [0.15, 0.2) is 60.2 Å². The molecule has 1 saturated heterocycles. The number of anilines is 1. The molecule has 0 radical (unpaired) electrons. The molecular formula is C19H18N2O3. The fraction of sp³-hybridized carbons (Fsp3) is 0.158. The van der Waals surface area contributed by atoms with Gasteiger partial charge in [0.05, 0.1) is 12.3 Å². The molecule has 2 aromatic carbocycles. The minimum Gasteiger partial charge on any atom is -0.494 e. The molecule has 24 heavy (non-hydrogen) atoms. The lowest BCUT2D eigenvalue weighted by Crippen LogP contribution is -2.35. The third kappa shape index (κ3) is 3.30. The van der Waals surface area contributed by atoms with Crippen LogP contribution in [0.2, 0.25) is 0 Å². The molecule has 1 N–H and O–H groups in total. The summed E-state index contributed by atoms with van der Waals surface area (Å²) in [6.07, 6.45) is 2.53. The van der Waals surface area contributed by atoms with Crippen molar-refractivity contribution in [2.24, 2.45) is 0 Å². The molecule has 1 aliphatic rings. The Morgan fingerprint density at radius 1 is 1.04 bits per heavy atom. The van der Waals surface area contributed by atoms with E-state index in [0.717, 1.165) is 17.7 Å². The van der Waals surface area contributed by atoms with E-state index in [1.807, 2.05) is 49.4 Å². The molecule has 2 amide bonds. The van der Waals surface area contributed by atoms with Crippen LogP contribution in [0.25, 0.3) is 6.08 Å². The first-order valence-electron chi connectivity index (χ1n) is 7.84. The Morgan fingerprint density at radius 3 is 2.42 bits per heavy atom. The van der Waals surface area contributed by atoms with E-state index < -0.39 is 5.91 Å². The molecule has 1 fully saturated rings. The zero-order valence-electron chi connectivity index (χ0n) is 13.4. The Labute approximate surface area is 140 Å². The fourth-order valence-electron chi connectivity index (χ4n) is 2.36. The molecule has 0 atom stereocenters. The Kier molecular flexibility index (Phi) is 4.61. The molecule has 122 valence electrons. The maximum Gasteiger partial charge on any atom is 0.282 e. The summed E-state index contributed by atoms with van der Waals surface area (Å²) in [5, 5.41) is 1.26. The molecule has 2 aromatic rings. The Balaban J connectivity index is 1.80. The molecule has 0 spiro atoms. The standard InChI is InChI=1S/C19H18N2O3/c1-2-12-24-16-10-8-14(9-11-16)13-17-18(22)20-21(19(17)23)15-6-4-3-5-7-15/h3-11,13H,2,12H2,1H3,(H,20,22)/b17-13-. The predicted molar refractivity (Wildman–Crippen MR) is 92.3 cm³/mol. The number of hydrogen-bond donors (Lipinski definition) is 1. The van der Waals surface area contributed by atoms with Crippen LogP contribution < -0.4 is 15.2 Å². The third-order valence-electron chi connectivity index (χ3n) is 3.57. The summed E-state index contributed by atoms with van der Waals surface area (Å²) < 4.78 is 5.52. The molecule has 0 aromatic heterocycles. The van der Waals surface area contributed by atoms with Gasteiger partial charge in [-0.3, -0.25) is 15.0 Å². The fourth-order valence-corrected chi connectivity index (χ4v) is 2.36. The molecule has 0 unspecified atom stereocenters. The molecule has 0 aliphatic carbocycles. The number of hydrazine groups is 1. The summed E-state index contributed by atoms with van der Waals surface area (Å²) in [6, 6.07) is 16.3. The summed E-state index contributed by atoms with van der Waals surface area (Å²) in [5.74, 6) is -0.000200. The Hall–Kier alpha value is -3.08. The van der Waals surface area contributed by atoms with Crippen LogP contribution in [0.1, 0.15) is 18.9 Å². The van der Waals surface area contributed by atoms with Crippen molar-refractivity contribution in [1.82, 2.24) is 5.43 Å². The summed E-state index contributed by atoms with van der Waals surface area (Å²) >= 11 is 0. The number of benzene rings is 2. The molecule has 5 nitrogen and oxygen atoms in total. The van der Waals surface area contributed by atoms with E-state index in [1.165, 1.54) is 5.01 Å². The molecule has 1 aliphatic heterocycles. The van der Waals surface area contributed by atoms with Crippen molar-refractivity contribution in [3.8, 4) is 5.75 Å². The van der Waals surface area contributed by atoms with Crippen LogP contribution in [0, 0.1) is 0 Å². The second-order valence-corrected chi connectivity index (χ2v) is 5.39. The van der Waals surface area contributed by atoms with Gasteiger partial charge in [-0.25, -0.2) is 5.01 Å². The van der Waals surface area contributed by atoms with E-state index in [0.29, 0.717) is 12.3 Å². The van der Waals surface area contributed by atoms with Gasteiger partial charge in [0.1, 0.15) is 11.3 Å². The lowest BCUT2D eigenvalue weighted by Gasteiger charge is -2.13. The quantitative estimate of drug-likeness (QED) is 0.680. The Bertz CT molecular complexity index is 767. The summed E-state index contributed by atoms with van der Waals surface area (Å²) in [6.45, 7) is 2.70. The number of para-hydroxylation sites is 1. The number of nitrogens with zero attached hydrogens (tertiary/aromatic N) is 1. The maximum atomic E-state index is 12.5. The van der Waals surface area contributed by atoms with Crippen LogP contribution in [0.5, 0.6) is 5.75 Å². The number of nitrogens with one attached hydrogen (secondary N) is 1. The number of ether oxygens (including phenoxy) is 1. The average Bonchev–Trinajstić information content (AvgIpc) is 2.90. The SMILES string of the molecule is CCCOc1ccc(/C=C2/C(=O)NN(c3ccccc3)C2=O)cc1. The lowest BCUT2D eigenvalue weighted by atomic mass is 10.1. The predicted octanol–water partition coefficient (Wildman–Crippen LogP) is 2.94. The van der Waals surface area contributed by atoms with Gasteiger partial charge < -0.3 is 4.74 Å². The van der Waals surface area contributed by atoms with E-state index in [-0.39, 0.29) is 11.5 Å². The first-order chi connectivity index (χ1) is 11.7. The Morgan fingerprint density at radius 2 is 1.75 bits per heavy atom. The molecule has 3 rings (SSSR count). The van der Waals surface area contributed by atoms with E-state index in [4.69, 9.17) is 4.74 Å². The van der Waals surface area contributed by atoms with Gasteiger partial charge in [0.15, 0.2) is 0 Å². The van der Waals surface area contributed by atoms with Gasteiger partial charge in [-0.2, -0.15) is 0 Å². The average molecular weight is 322 g/mol. The zero-order valence-corrected chi connectivity index (χ0v) is 13.4. The zero-order chi connectivity index (χ0) is 16.9. The smallest absolute Gasteiger partial charge is 0.282 e. The number of rotatable bonds is 5. The number of carbonyl (C=O) groups is 2. The van der Waals surface area contributed by atoms with Crippen molar-refractivity contribution >= 4 is 23.6 Å². The van der Waals surface area contributed by atoms with E-state index >= 15 is 0 Å². The van der Waals surface area contributed by atoms with Crippen molar-refractivity contribution in [1.29, 1.82) is 0 Å². The van der Waals surface area contributed by atoms with E-state index in [1.54, 1.807) is 18.2 Å². The number of amides is 2. The normalized spacial score (nSPS) is 15.7. The second kappa shape index (κ2) is 7.00. The molecule has 1 heterocycles. The van der Waals surface area contributed by atoms with Crippen molar-refractivity contribution in [2.75, 3.05) is 11.6 Å². The van der Waals surface area contributed by atoms with Crippen molar-refractivity contribution in [3.05, 3.63) is 65.7 Å².